The first-order valence-corrected chi connectivity index (χ1v) is 8.87. The molecule has 7 nitrogen and oxygen atoms in total. The zero-order valence-electron chi connectivity index (χ0n) is 13.0. The average Bonchev–Trinajstić information content (AvgIpc) is 2.95. The highest BCUT2D eigenvalue weighted by molar-refractivity contribution is 7.89. The first kappa shape index (κ1) is 17.4. The number of hydrogen-bond donors (Lipinski definition) is 2. The van der Waals surface area contributed by atoms with Gasteiger partial charge in [0.25, 0.3) is 5.91 Å². The largest absolute Gasteiger partial charge is 0.480 e. The van der Waals surface area contributed by atoms with Gasteiger partial charge in [-0.15, -0.1) is 0 Å². The lowest BCUT2D eigenvalue weighted by Crippen LogP contribution is -2.40. The predicted molar refractivity (Wildman–Crippen MR) is 83.6 cm³/mol. The van der Waals surface area contributed by atoms with Gasteiger partial charge in [0.15, 0.2) is 0 Å². The molecule has 126 valence electrons. The molecule has 1 aromatic carbocycles. The number of carboxylic acid groups (broad SMARTS) is 1. The van der Waals surface area contributed by atoms with E-state index in [4.69, 9.17) is 5.11 Å². The Bertz CT molecular complexity index is 697. The molecule has 1 saturated heterocycles. The summed E-state index contributed by atoms with van der Waals surface area (Å²) >= 11 is 0. The number of sulfonamides is 1. The smallest absolute Gasteiger partial charge is 0.326 e. The van der Waals surface area contributed by atoms with Gasteiger partial charge in [-0.2, -0.15) is 0 Å². The van der Waals surface area contributed by atoms with Gasteiger partial charge in [0.05, 0.1) is 4.90 Å². The van der Waals surface area contributed by atoms with E-state index in [0.717, 1.165) is 0 Å². The average molecular weight is 340 g/mol. The Labute approximate surface area is 135 Å². The van der Waals surface area contributed by atoms with Crippen LogP contribution < -0.4 is 4.72 Å². The number of hydrogen-bond acceptors (Lipinski definition) is 4. The lowest BCUT2D eigenvalue weighted by molar-refractivity contribution is -0.141. The maximum atomic E-state index is 12.4. The minimum Gasteiger partial charge on any atom is -0.480 e. The van der Waals surface area contributed by atoms with Gasteiger partial charge in [0, 0.05) is 18.2 Å². The van der Waals surface area contributed by atoms with Crippen LogP contribution in [0.5, 0.6) is 0 Å². The van der Waals surface area contributed by atoms with Gasteiger partial charge in [-0.25, -0.2) is 17.9 Å². The quantitative estimate of drug-likeness (QED) is 0.834. The van der Waals surface area contributed by atoms with Crippen molar-refractivity contribution in [1.29, 1.82) is 0 Å². The van der Waals surface area contributed by atoms with Crippen LogP contribution in [0.2, 0.25) is 0 Å². The second-order valence-corrected chi connectivity index (χ2v) is 7.51. The van der Waals surface area contributed by atoms with Crippen LogP contribution in [0.15, 0.2) is 29.2 Å². The number of aliphatic carboxylic acids is 1. The number of carboxylic acids is 1. The van der Waals surface area contributed by atoms with E-state index in [1.807, 2.05) is 0 Å². The maximum Gasteiger partial charge on any atom is 0.326 e. The lowest BCUT2D eigenvalue weighted by atomic mass is 10.1. The molecule has 0 aromatic heterocycles. The highest BCUT2D eigenvalue weighted by Crippen LogP contribution is 2.21. The Balaban J connectivity index is 2.19. The van der Waals surface area contributed by atoms with E-state index in [0.29, 0.717) is 19.4 Å². The molecule has 1 aromatic rings. The number of nitrogens with one attached hydrogen (secondary N) is 1. The summed E-state index contributed by atoms with van der Waals surface area (Å²) < 4.78 is 26.5. The van der Waals surface area contributed by atoms with Gasteiger partial charge in [-0.1, -0.05) is 0 Å². The minimum atomic E-state index is -3.61. The molecule has 0 radical (unpaired) electrons. The van der Waals surface area contributed by atoms with Crippen molar-refractivity contribution < 1.29 is 23.1 Å². The molecule has 1 aliphatic rings. The van der Waals surface area contributed by atoms with Gasteiger partial charge >= 0.3 is 5.97 Å². The molecular formula is C15H20N2O5S. The molecule has 1 amide bonds. The number of amides is 1. The second kappa shape index (κ2) is 6.67. The molecule has 1 fully saturated rings. The Morgan fingerprint density at radius 3 is 2.39 bits per heavy atom. The Hall–Kier alpha value is -1.93. The third kappa shape index (κ3) is 3.89. The first-order valence-electron chi connectivity index (χ1n) is 7.38. The summed E-state index contributed by atoms with van der Waals surface area (Å²) in [7, 11) is -3.61. The van der Waals surface area contributed by atoms with Gasteiger partial charge in [0.1, 0.15) is 6.04 Å². The lowest BCUT2D eigenvalue weighted by Gasteiger charge is -2.21. The summed E-state index contributed by atoms with van der Waals surface area (Å²) in [6, 6.07) is 4.48. The standard InChI is InChI=1S/C15H20N2O5S/c1-10(2)16-23(21,22)12-7-5-11(6-8-12)14(18)17-9-3-4-13(17)15(19)20/h5-8,10,13,16H,3-4,9H2,1-2H3,(H,19,20)/t13-/m1/s1. The van der Waals surface area contributed by atoms with Gasteiger partial charge in [-0.3, -0.25) is 4.79 Å². The zero-order chi connectivity index (χ0) is 17.2. The molecule has 1 heterocycles. The van der Waals surface area contributed by atoms with Crippen molar-refractivity contribution in [2.24, 2.45) is 0 Å². The van der Waals surface area contributed by atoms with Gasteiger partial charge in [0.2, 0.25) is 10.0 Å². The number of rotatable bonds is 5. The van der Waals surface area contributed by atoms with Crippen molar-refractivity contribution in [3.8, 4) is 0 Å². The van der Waals surface area contributed by atoms with Gasteiger partial charge in [-0.05, 0) is 51.0 Å². The third-order valence-electron chi connectivity index (χ3n) is 3.60. The van der Waals surface area contributed by atoms with Crippen LogP contribution in [-0.2, 0) is 14.8 Å². The molecule has 1 aliphatic heterocycles. The van der Waals surface area contributed by atoms with E-state index >= 15 is 0 Å². The Morgan fingerprint density at radius 2 is 1.87 bits per heavy atom. The number of carbonyl (C=O) groups is 2. The van der Waals surface area contributed by atoms with Crippen LogP contribution in [0.4, 0.5) is 0 Å². The van der Waals surface area contributed by atoms with E-state index in [-0.39, 0.29) is 16.5 Å². The Morgan fingerprint density at radius 1 is 1.26 bits per heavy atom. The molecule has 0 aliphatic carbocycles. The minimum absolute atomic E-state index is 0.0685. The summed E-state index contributed by atoms with van der Waals surface area (Å²) in [5, 5.41) is 9.13. The number of nitrogens with zero attached hydrogens (tertiary/aromatic N) is 1. The molecule has 8 heteroatoms. The molecule has 2 rings (SSSR count). The predicted octanol–water partition coefficient (Wildman–Crippen LogP) is 1.06. The fourth-order valence-corrected chi connectivity index (χ4v) is 3.84. The summed E-state index contributed by atoms with van der Waals surface area (Å²) in [5.74, 6) is -1.41. The van der Waals surface area contributed by atoms with Crippen molar-refractivity contribution in [2.75, 3.05) is 6.54 Å². The summed E-state index contributed by atoms with van der Waals surface area (Å²) in [5.41, 5.74) is 0.279. The van der Waals surface area contributed by atoms with Crippen LogP contribution >= 0.6 is 0 Å². The van der Waals surface area contributed by atoms with Crippen LogP contribution in [0.25, 0.3) is 0 Å². The van der Waals surface area contributed by atoms with Crippen molar-refractivity contribution in [1.82, 2.24) is 9.62 Å². The second-order valence-electron chi connectivity index (χ2n) is 5.80. The monoisotopic (exact) mass is 340 g/mol. The van der Waals surface area contributed by atoms with Crippen LogP contribution in [-0.4, -0.2) is 48.9 Å². The molecule has 1 atom stereocenters. The molecule has 0 saturated carbocycles. The summed E-state index contributed by atoms with van der Waals surface area (Å²) in [6.07, 6.45) is 1.08. The fourth-order valence-electron chi connectivity index (χ4n) is 2.59. The highest BCUT2D eigenvalue weighted by atomic mass is 32.2. The first-order chi connectivity index (χ1) is 10.7. The molecule has 2 N–H and O–H groups in total. The third-order valence-corrected chi connectivity index (χ3v) is 5.28. The van der Waals surface area contributed by atoms with E-state index in [1.165, 1.54) is 29.2 Å². The van der Waals surface area contributed by atoms with E-state index in [1.54, 1.807) is 13.8 Å². The Kier molecular flexibility index (Phi) is 5.06. The molecule has 23 heavy (non-hydrogen) atoms. The van der Waals surface area contributed by atoms with E-state index in [2.05, 4.69) is 4.72 Å². The topological polar surface area (TPSA) is 104 Å². The van der Waals surface area contributed by atoms with Crippen LogP contribution in [0.1, 0.15) is 37.0 Å². The van der Waals surface area contributed by atoms with Crippen molar-refractivity contribution in [2.45, 2.75) is 43.7 Å². The number of benzene rings is 1. The van der Waals surface area contributed by atoms with Crippen molar-refractivity contribution in [3.05, 3.63) is 29.8 Å². The summed E-state index contributed by atoms with van der Waals surface area (Å²) in [4.78, 5) is 24.9. The highest BCUT2D eigenvalue weighted by Gasteiger charge is 2.34. The van der Waals surface area contributed by atoms with E-state index in [9.17, 15) is 18.0 Å². The molecule has 0 spiro atoms. The number of likely N-dealkylation sites (tertiary alicyclic amines) is 1. The van der Waals surface area contributed by atoms with Crippen LogP contribution in [0.3, 0.4) is 0 Å². The van der Waals surface area contributed by atoms with Crippen LogP contribution in [0, 0.1) is 0 Å². The van der Waals surface area contributed by atoms with Crippen molar-refractivity contribution in [3.63, 3.8) is 0 Å². The number of carbonyl (C=O) groups excluding carboxylic acids is 1. The van der Waals surface area contributed by atoms with Crippen molar-refractivity contribution >= 4 is 21.9 Å². The molecular weight excluding hydrogens is 320 g/mol. The fraction of sp³-hybridized carbons (Fsp3) is 0.467. The van der Waals surface area contributed by atoms with Gasteiger partial charge < -0.3 is 10.0 Å². The maximum absolute atomic E-state index is 12.4. The normalized spacial score (nSPS) is 18.4. The zero-order valence-corrected chi connectivity index (χ0v) is 13.8. The molecule has 0 unspecified atom stereocenters. The molecule has 0 bridgehead atoms. The SMILES string of the molecule is CC(C)NS(=O)(=O)c1ccc(C(=O)N2CCC[C@@H]2C(=O)O)cc1. The van der Waals surface area contributed by atoms with E-state index < -0.39 is 27.9 Å². The summed E-state index contributed by atoms with van der Waals surface area (Å²) in [6.45, 7) is 3.83.